The lowest BCUT2D eigenvalue weighted by Gasteiger charge is -2.17. The van der Waals surface area contributed by atoms with Crippen LogP contribution in [-0.2, 0) is 19.4 Å². The molecule has 2 aromatic heterocycles. The van der Waals surface area contributed by atoms with E-state index in [1.54, 1.807) is 0 Å². The summed E-state index contributed by atoms with van der Waals surface area (Å²) in [5, 5.41) is 14.6. The van der Waals surface area contributed by atoms with Crippen molar-refractivity contribution < 1.29 is 4.79 Å². The molecule has 4 rings (SSSR count). The lowest BCUT2D eigenvalue weighted by atomic mass is 9.92. The SMILES string of the molecule is Cc1cc(C)n(-c2ccc(CNC(=O)c3n[nH]c4c3CCC(N)C4)cc2)n1. The van der Waals surface area contributed by atoms with Gasteiger partial charge in [0.15, 0.2) is 5.69 Å². The molecule has 4 N–H and O–H groups in total. The molecule has 0 bridgehead atoms. The summed E-state index contributed by atoms with van der Waals surface area (Å²) in [4.78, 5) is 12.5. The fourth-order valence-electron chi connectivity index (χ4n) is 3.63. The van der Waals surface area contributed by atoms with Crippen molar-refractivity contribution in [3.05, 3.63) is 64.2 Å². The van der Waals surface area contributed by atoms with Crippen molar-refractivity contribution in [1.82, 2.24) is 25.3 Å². The Balaban J connectivity index is 1.42. The van der Waals surface area contributed by atoms with Gasteiger partial charge in [0.1, 0.15) is 0 Å². The summed E-state index contributed by atoms with van der Waals surface area (Å²) >= 11 is 0. The van der Waals surface area contributed by atoms with E-state index in [0.717, 1.165) is 53.2 Å². The van der Waals surface area contributed by atoms with Crippen LogP contribution in [0, 0.1) is 13.8 Å². The molecule has 1 aliphatic rings. The molecule has 2 heterocycles. The summed E-state index contributed by atoms with van der Waals surface area (Å²) in [5.74, 6) is -0.148. The summed E-state index contributed by atoms with van der Waals surface area (Å²) in [7, 11) is 0. The first kappa shape index (κ1) is 17.5. The van der Waals surface area contributed by atoms with Crippen LogP contribution in [0.15, 0.2) is 30.3 Å². The predicted octanol–water partition coefficient (Wildman–Crippen LogP) is 1.96. The Hall–Kier alpha value is -2.93. The van der Waals surface area contributed by atoms with Crippen molar-refractivity contribution in [2.24, 2.45) is 5.73 Å². The van der Waals surface area contributed by atoms with E-state index in [0.29, 0.717) is 12.2 Å². The number of nitrogens with zero attached hydrogens (tertiary/aromatic N) is 3. The largest absolute Gasteiger partial charge is 0.347 e. The molecule has 1 aliphatic carbocycles. The van der Waals surface area contributed by atoms with Crippen LogP contribution >= 0.6 is 0 Å². The van der Waals surface area contributed by atoms with Crippen molar-refractivity contribution in [2.45, 2.75) is 45.7 Å². The van der Waals surface area contributed by atoms with Crippen LogP contribution in [-0.4, -0.2) is 31.9 Å². The third kappa shape index (κ3) is 3.50. The van der Waals surface area contributed by atoms with Crippen LogP contribution < -0.4 is 11.1 Å². The maximum absolute atomic E-state index is 12.5. The zero-order chi connectivity index (χ0) is 19.0. The second kappa shape index (κ2) is 7.00. The fourth-order valence-corrected chi connectivity index (χ4v) is 3.63. The third-order valence-electron chi connectivity index (χ3n) is 5.04. The van der Waals surface area contributed by atoms with Gasteiger partial charge in [-0.25, -0.2) is 4.68 Å². The fraction of sp³-hybridized carbons (Fsp3) is 0.350. The monoisotopic (exact) mass is 364 g/mol. The van der Waals surface area contributed by atoms with E-state index >= 15 is 0 Å². The molecule has 1 unspecified atom stereocenters. The summed E-state index contributed by atoms with van der Waals surface area (Å²) in [6.45, 7) is 4.47. The number of fused-ring (bicyclic) bond motifs is 1. The highest BCUT2D eigenvalue weighted by Gasteiger charge is 2.24. The van der Waals surface area contributed by atoms with E-state index in [2.05, 4.69) is 20.6 Å². The van der Waals surface area contributed by atoms with Crippen LogP contribution in [0.2, 0.25) is 0 Å². The molecular weight excluding hydrogens is 340 g/mol. The van der Waals surface area contributed by atoms with Crippen LogP contribution in [0.25, 0.3) is 5.69 Å². The molecule has 1 amide bonds. The molecule has 1 atom stereocenters. The van der Waals surface area contributed by atoms with Crippen LogP contribution in [0.1, 0.15) is 45.1 Å². The van der Waals surface area contributed by atoms with Crippen molar-refractivity contribution in [1.29, 1.82) is 0 Å². The average Bonchev–Trinajstić information content (AvgIpc) is 3.22. The first-order valence-corrected chi connectivity index (χ1v) is 9.23. The normalized spacial score (nSPS) is 16.2. The molecular formula is C20H24N6O. The molecule has 140 valence electrons. The number of nitrogens with two attached hydrogens (primary N) is 1. The molecule has 3 aromatic rings. The minimum absolute atomic E-state index is 0.148. The van der Waals surface area contributed by atoms with Gasteiger partial charge in [-0.3, -0.25) is 9.89 Å². The number of H-pyrrole nitrogens is 1. The maximum atomic E-state index is 12.5. The Labute approximate surface area is 158 Å². The number of amides is 1. The van der Waals surface area contributed by atoms with Gasteiger partial charge < -0.3 is 11.1 Å². The maximum Gasteiger partial charge on any atom is 0.272 e. The third-order valence-corrected chi connectivity index (χ3v) is 5.04. The second-order valence-corrected chi connectivity index (χ2v) is 7.22. The lowest BCUT2D eigenvalue weighted by molar-refractivity contribution is 0.0944. The highest BCUT2D eigenvalue weighted by Crippen LogP contribution is 2.21. The average molecular weight is 364 g/mol. The Bertz CT molecular complexity index is 969. The number of carbonyl (C=O) groups is 1. The quantitative estimate of drug-likeness (QED) is 0.658. The minimum Gasteiger partial charge on any atom is -0.347 e. The molecule has 0 saturated carbocycles. The van der Waals surface area contributed by atoms with E-state index in [4.69, 9.17) is 5.73 Å². The highest BCUT2D eigenvalue weighted by molar-refractivity contribution is 5.94. The molecule has 7 nitrogen and oxygen atoms in total. The van der Waals surface area contributed by atoms with E-state index in [1.807, 2.05) is 48.9 Å². The first-order valence-electron chi connectivity index (χ1n) is 9.23. The molecule has 0 spiro atoms. The number of hydrogen-bond donors (Lipinski definition) is 3. The number of carbonyl (C=O) groups excluding carboxylic acids is 1. The van der Waals surface area contributed by atoms with Crippen LogP contribution in [0.5, 0.6) is 0 Å². The molecule has 1 aromatic carbocycles. The predicted molar refractivity (Wildman–Crippen MR) is 103 cm³/mol. The van der Waals surface area contributed by atoms with E-state index in [-0.39, 0.29) is 11.9 Å². The van der Waals surface area contributed by atoms with Crippen molar-refractivity contribution >= 4 is 5.91 Å². The summed E-state index contributed by atoms with van der Waals surface area (Å²) < 4.78 is 1.92. The van der Waals surface area contributed by atoms with Gasteiger partial charge in [0.05, 0.1) is 11.4 Å². The van der Waals surface area contributed by atoms with Gasteiger partial charge in [-0.15, -0.1) is 0 Å². The Morgan fingerprint density at radius 3 is 2.81 bits per heavy atom. The second-order valence-electron chi connectivity index (χ2n) is 7.22. The Kier molecular flexibility index (Phi) is 4.53. The zero-order valence-electron chi connectivity index (χ0n) is 15.6. The van der Waals surface area contributed by atoms with Crippen molar-refractivity contribution in [3.63, 3.8) is 0 Å². The number of hydrogen-bond acceptors (Lipinski definition) is 4. The van der Waals surface area contributed by atoms with Gasteiger partial charge in [0, 0.05) is 36.0 Å². The smallest absolute Gasteiger partial charge is 0.272 e. The summed E-state index contributed by atoms with van der Waals surface area (Å²) in [6, 6.07) is 10.2. The number of benzene rings is 1. The molecule has 0 aliphatic heterocycles. The van der Waals surface area contributed by atoms with Gasteiger partial charge in [-0.2, -0.15) is 10.2 Å². The molecule has 7 heteroatoms. The molecule has 27 heavy (non-hydrogen) atoms. The van der Waals surface area contributed by atoms with E-state index in [9.17, 15) is 4.79 Å². The van der Waals surface area contributed by atoms with Gasteiger partial charge in [-0.1, -0.05) is 12.1 Å². The van der Waals surface area contributed by atoms with Crippen LogP contribution in [0.3, 0.4) is 0 Å². The van der Waals surface area contributed by atoms with Gasteiger partial charge in [-0.05, 0) is 50.5 Å². The topological polar surface area (TPSA) is 102 Å². The molecule has 0 radical (unpaired) electrons. The van der Waals surface area contributed by atoms with Crippen LogP contribution in [0.4, 0.5) is 0 Å². The van der Waals surface area contributed by atoms with Crippen molar-refractivity contribution in [2.75, 3.05) is 0 Å². The van der Waals surface area contributed by atoms with Gasteiger partial charge in [0.2, 0.25) is 0 Å². The minimum atomic E-state index is -0.148. The van der Waals surface area contributed by atoms with Crippen molar-refractivity contribution in [3.8, 4) is 5.69 Å². The number of nitrogens with one attached hydrogen (secondary N) is 2. The standard InChI is InChI=1S/C20H24N6O/c1-12-9-13(2)26(25-12)16-6-3-14(4-7-16)11-22-20(27)19-17-8-5-15(21)10-18(17)23-24-19/h3-4,6-7,9,15H,5,8,10-11,21H2,1-2H3,(H,22,27)(H,23,24). The Morgan fingerprint density at radius 2 is 2.11 bits per heavy atom. The van der Waals surface area contributed by atoms with Gasteiger partial charge in [0.25, 0.3) is 5.91 Å². The van der Waals surface area contributed by atoms with E-state index in [1.165, 1.54) is 0 Å². The number of aromatic nitrogens is 4. The number of aryl methyl sites for hydroxylation is 2. The van der Waals surface area contributed by atoms with E-state index < -0.39 is 0 Å². The molecule has 0 fully saturated rings. The first-order chi connectivity index (χ1) is 13.0. The molecule has 0 saturated heterocycles. The Morgan fingerprint density at radius 1 is 1.33 bits per heavy atom. The number of aromatic amines is 1. The highest BCUT2D eigenvalue weighted by atomic mass is 16.1. The lowest BCUT2D eigenvalue weighted by Crippen LogP contribution is -2.29. The summed E-state index contributed by atoms with van der Waals surface area (Å²) in [5.41, 5.74) is 12.6. The zero-order valence-corrected chi connectivity index (χ0v) is 15.6. The number of rotatable bonds is 4. The summed E-state index contributed by atoms with van der Waals surface area (Å²) in [6.07, 6.45) is 2.44. The van der Waals surface area contributed by atoms with Gasteiger partial charge >= 0.3 is 0 Å².